The standard InChI is InChI=1S/C52H98O6/c1-4-7-10-13-16-19-22-25-26-28-30-33-36-39-42-45-51(54)57-48-49(47-56-50(53)44-41-38-35-32-29-24-21-18-15-12-9-6-3)58-52(55)46-43-40-37-34-31-27-23-20-17-14-11-8-5-2/h19,22,49H,4-18,20-21,23-48H2,1-3H3/b22-19-/t49-/m0/s1. The van der Waals surface area contributed by atoms with Gasteiger partial charge in [-0.05, 0) is 44.9 Å². The minimum absolute atomic E-state index is 0.0660. The molecule has 6 heteroatoms. The normalized spacial score (nSPS) is 12.0. The van der Waals surface area contributed by atoms with Gasteiger partial charge in [0.1, 0.15) is 13.2 Å². The first-order valence-corrected chi connectivity index (χ1v) is 25.7. The van der Waals surface area contributed by atoms with Crippen molar-refractivity contribution in [2.24, 2.45) is 0 Å². The van der Waals surface area contributed by atoms with Gasteiger partial charge in [0, 0.05) is 19.3 Å². The van der Waals surface area contributed by atoms with E-state index in [1.165, 1.54) is 186 Å². The van der Waals surface area contributed by atoms with Crippen LogP contribution in [0.3, 0.4) is 0 Å². The highest BCUT2D eigenvalue weighted by Crippen LogP contribution is 2.16. The summed E-state index contributed by atoms with van der Waals surface area (Å²) in [6.45, 7) is 6.65. The lowest BCUT2D eigenvalue weighted by molar-refractivity contribution is -0.167. The Balaban J connectivity index is 4.33. The van der Waals surface area contributed by atoms with Crippen molar-refractivity contribution in [3.8, 4) is 0 Å². The quantitative estimate of drug-likeness (QED) is 0.0263. The van der Waals surface area contributed by atoms with Crippen LogP contribution >= 0.6 is 0 Å². The number of hydrogen-bond acceptors (Lipinski definition) is 6. The number of ether oxygens (including phenoxy) is 3. The second kappa shape index (κ2) is 47.8. The van der Waals surface area contributed by atoms with Crippen molar-refractivity contribution in [3.63, 3.8) is 0 Å². The Bertz CT molecular complexity index is 900. The average molecular weight is 819 g/mol. The molecule has 0 aromatic rings. The lowest BCUT2D eigenvalue weighted by Crippen LogP contribution is -2.30. The summed E-state index contributed by atoms with van der Waals surface area (Å²) in [5.74, 6) is -0.855. The largest absolute Gasteiger partial charge is 0.462 e. The molecule has 0 unspecified atom stereocenters. The van der Waals surface area contributed by atoms with Gasteiger partial charge in [-0.15, -0.1) is 0 Å². The lowest BCUT2D eigenvalue weighted by atomic mass is 10.0. The van der Waals surface area contributed by atoms with Crippen molar-refractivity contribution in [2.75, 3.05) is 13.2 Å². The Morgan fingerprint density at radius 3 is 0.879 bits per heavy atom. The molecule has 0 aromatic heterocycles. The summed E-state index contributed by atoms with van der Waals surface area (Å²) in [6.07, 6.45) is 51.9. The molecule has 6 nitrogen and oxygen atoms in total. The van der Waals surface area contributed by atoms with E-state index in [1.807, 2.05) is 0 Å². The van der Waals surface area contributed by atoms with Crippen LogP contribution in [0.2, 0.25) is 0 Å². The van der Waals surface area contributed by atoms with E-state index in [9.17, 15) is 14.4 Å². The van der Waals surface area contributed by atoms with Crippen LogP contribution < -0.4 is 0 Å². The van der Waals surface area contributed by atoms with E-state index in [0.29, 0.717) is 19.3 Å². The molecule has 0 heterocycles. The van der Waals surface area contributed by atoms with Crippen molar-refractivity contribution in [1.29, 1.82) is 0 Å². The van der Waals surface area contributed by atoms with Gasteiger partial charge in [0.2, 0.25) is 0 Å². The SMILES string of the molecule is CCCCCC/C=C\CCCCCCCCCC(=O)OC[C@H](COC(=O)CCCCCCCCCCCCCC)OC(=O)CCCCCCCCCCCCCCC. The van der Waals surface area contributed by atoms with E-state index in [2.05, 4.69) is 32.9 Å². The van der Waals surface area contributed by atoms with E-state index in [1.54, 1.807) is 0 Å². The summed E-state index contributed by atoms with van der Waals surface area (Å²) < 4.78 is 16.8. The maximum Gasteiger partial charge on any atom is 0.306 e. The van der Waals surface area contributed by atoms with Gasteiger partial charge < -0.3 is 14.2 Å². The van der Waals surface area contributed by atoms with Gasteiger partial charge in [0.15, 0.2) is 6.10 Å². The van der Waals surface area contributed by atoms with Crippen LogP contribution in [0.25, 0.3) is 0 Å². The maximum atomic E-state index is 12.8. The van der Waals surface area contributed by atoms with Crippen molar-refractivity contribution < 1.29 is 28.6 Å². The highest BCUT2D eigenvalue weighted by molar-refractivity contribution is 5.71. The number of hydrogen-bond donors (Lipinski definition) is 0. The molecule has 1 atom stereocenters. The monoisotopic (exact) mass is 819 g/mol. The molecule has 58 heavy (non-hydrogen) atoms. The molecule has 0 saturated heterocycles. The number of rotatable bonds is 47. The van der Waals surface area contributed by atoms with Crippen LogP contribution in [0.5, 0.6) is 0 Å². The van der Waals surface area contributed by atoms with Gasteiger partial charge in [0.25, 0.3) is 0 Å². The Morgan fingerprint density at radius 2 is 0.569 bits per heavy atom. The molecule has 0 aliphatic heterocycles. The fourth-order valence-corrected chi connectivity index (χ4v) is 7.61. The van der Waals surface area contributed by atoms with Gasteiger partial charge in [-0.2, -0.15) is 0 Å². The van der Waals surface area contributed by atoms with E-state index in [0.717, 1.165) is 57.8 Å². The maximum absolute atomic E-state index is 12.8. The molecule has 0 amide bonds. The van der Waals surface area contributed by atoms with E-state index in [4.69, 9.17) is 14.2 Å². The highest BCUT2D eigenvalue weighted by atomic mass is 16.6. The zero-order chi connectivity index (χ0) is 42.3. The Morgan fingerprint density at radius 1 is 0.328 bits per heavy atom. The Kier molecular flexibility index (Phi) is 46.3. The van der Waals surface area contributed by atoms with E-state index in [-0.39, 0.29) is 31.1 Å². The summed E-state index contributed by atoms with van der Waals surface area (Å²) in [4.78, 5) is 37.9. The predicted molar refractivity (Wildman–Crippen MR) is 247 cm³/mol. The van der Waals surface area contributed by atoms with Gasteiger partial charge in [-0.1, -0.05) is 232 Å². The summed E-state index contributed by atoms with van der Waals surface area (Å²) in [6, 6.07) is 0. The van der Waals surface area contributed by atoms with Crippen LogP contribution in [-0.4, -0.2) is 37.2 Å². The fourth-order valence-electron chi connectivity index (χ4n) is 7.61. The van der Waals surface area contributed by atoms with Crippen molar-refractivity contribution >= 4 is 17.9 Å². The molecule has 0 aromatic carbocycles. The molecule has 0 spiro atoms. The fraction of sp³-hybridized carbons (Fsp3) is 0.904. The van der Waals surface area contributed by atoms with Crippen molar-refractivity contribution in [1.82, 2.24) is 0 Å². The molecule has 0 fully saturated rings. The second-order valence-corrected chi connectivity index (χ2v) is 17.4. The second-order valence-electron chi connectivity index (χ2n) is 17.4. The van der Waals surface area contributed by atoms with Crippen LogP contribution in [0.4, 0.5) is 0 Å². The van der Waals surface area contributed by atoms with Crippen LogP contribution in [0, 0.1) is 0 Å². The number of unbranched alkanes of at least 4 members (excludes halogenated alkanes) is 34. The summed E-state index contributed by atoms with van der Waals surface area (Å²) >= 11 is 0. The summed E-state index contributed by atoms with van der Waals surface area (Å²) in [7, 11) is 0. The first-order valence-electron chi connectivity index (χ1n) is 25.7. The van der Waals surface area contributed by atoms with Crippen molar-refractivity contribution in [2.45, 2.75) is 290 Å². The first kappa shape index (κ1) is 56.1. The third kappa shape index (κ3) is 45.2. The third-order valence-electron chi connectivity index (χ3n) is 11.5. The highest BCUT2D eigenvalue weighted by Gasteiger charge is 2.19. The minimum Gasteiger partial charge on any atom is -0.462 e. The molecule has 342 valence electrons. The molecule has 0 rings (SSSR count). The smallest absolute Gasteiger partial charge is 0.306 e. The Labute approximate surface area is 360 Å². The number of allylic oxidation sites excluding steroid dienone is 2. The molecular formula is C52H98O6. The third-order valence-corrected chi connectivity index (χ3v) is 11.5. The molecule has 0 aliphatic rings. The summed E-state index contributed by atoms with van der Waals surface area (Å²) in [5.41, 5.74) is 0. The van der Waals surface area contributed by atoms with E-state index >= 15 is 0 Å². The van der Waals surface area contributed by atoms with Gasteiger partial charge in [-0.3, -0.25) is 14.4 Å². The Hall–Kier alpha value is -1.85. The molecule has 0 N–H and O–H groups in total. The molecule has 0 aliphatic carbocycles. The molecule has 0 bridgehead atoms. The number of carbonyl (C=O) groups is 3. The molecular weight excluding hydrogens is 721 g/mol. The van der Waals surface area contributed by atoms with Crippen LogP contribution in [-0.2, 0) is 28.6 Å². The first-order chi connectivity index (χ1) is 28.5. The topological polar surface area (TPSA) is 78.9 Å². The van der Waals surface area contributed by atoms with Gasteiger partial charge in [0.05, 0.1) is 0 Å². The van der Waals surface area contributed by atoms with Crippen LogP contribution in [0.15, 0.2) is 12.2 Å². The molecule has 0 saturated carbocycles. The lowest BCUT2D eigenvalue weighted by Gasteiger charge is -2.18. The van der Waals surface area contributed by atoms with Gasteiger partial charge >= 0.3 is 17.9 Å². The predicted octanol–water partition coefficient (Wildman–Crippen LogP) is 16.6. The van der Waals surface area contributed by atoms with E-state index < -0.39 is 6.10 Å². The van der Waals surface area contributed by atoms with Gasteiger partial charge in [-0.25, -0.2) is 0 Å². The number of esters is 3. The zero-order valence-corrected chi connectivity index (χ0v) is 39.1. The molecule has 0 radical (unpaired) electrons. The number of carbonyl (C=O) groups excluding carboxylic acids is 3. The van der Waals surface area contributed by atoms with Crippen molar-refractivity contribution in [3.05, 3.63) is 12.2 Å². The zero-order valence-electron chi connectivity index (χ0n) is 39.1. The summed E-state index contributed by atoms with van der Waals surface area (Å²) in [5, 5.41) is 0. The van der Waals surface area contributed by atoms with Crippen LogP contribution in [0.1, 0.15) is 284 Å². The minimum atomic E-state index is -0.764. The average Bonchev–Trinajstić information content (AvgIpc) is 3.22.